The summed E-state index contributed by atoms with van der Waals surface area (Å²) in [6.45, 7) is 19.7. The average Bonchev–Trinajstić information content (AvgIpc) is 3.66. The summed E-state index contributed by atoms with van der Waals surface area (Å²) in [4.78, 5) is 133. The molecule has 354 valence electrons. The quantitative estimate of drug-likeness (QED) is 0.0479. The van der Waals surface area contributed by atoms with Gasteiger partial charge in [0.25, 0.3) is 5.91 Å². The fraction of sp³-hybridized carbons (Fsp3) is 0.727. The first kappa shape index (κ1) is 55.5. The maximum absolute atomic E-state index is 14.1. The summed E-state index contributed by atoms with van der Waals surface area (Å²) in [5.74, 6) is -6.21. The minimum absolute atomic E-state index is 0.164. The zero-order valence-corrected chi connectivity index (χ0v) is 39.1. The van der Waals surface area contributed by atoms with Gasteiger partial charge in [-0.2, -0.15) is 0 Å². The molecule has 1 aliphatic heterocycles. The smallest absolute Gasteiger partial charge is 0.306 e. The first-order valence-corrected chi connectivity index (χ1v) is 21.6. The molecule has 0 radical (unpaired) electrons. The van der Waals surface area contributed by atoms with Crippen molar-refractivity contribution in [3.63, 3.8) is 0 Å². The third-order valence-electron chi connectivity index (χ3n) is 9.54. The molecule has 0 unspecified atom stereocenters. The summed E-state index contributed by atoms with van der Waals surface area (Å²) in [6, 6.07) is -7.31. The van der Waals surface area contributed by atoms with Crippen molar-refractivity contribution in [3.05, 3.63) is 0 Å². The summed E-state index contributed by atoms with van der Waals surface area (Å²) >= 11 is 0. The van der Waals surface area contributed by atoms with Gasteiger partial charge < -0.3 is 46.3 Å². The number of hydrogen-bond donors (Lipinski definition) is 6. The maximum atomic E-state index is 14.1. The zero-order valence-electron chi connectivity index (χ0n) is 39.1. The van der Waals surface area contributed by atoms with E-state index < -0.39 is 118 Å². The van der Waals surface area contributed by atoms with Gasteiger partial charge in [0.2, 0.25) is 41.2 Å². The Morgan fingerprint density at radius 2 is 1.17 bits per heavy atom. The van der Waals surface area contributed by atoms with Gasteiger partial charge in [-0.15, -0.1) is 6.42 Å². The molecule has 0 spiro atoms. The van der Waals surface area contributed by atoms with E-state index in [4.69, 9.17) is 15.9 Å². The Morgan fingerprint density at radius 3 is 1.63 bits per heavy atom. The van der Waals surface area contributed by atoms with Crippen molar-refractivity contribution in [2.75, 3.05) is 13.1 Å². The summed E-state index contributed by atoms with van der Waals surface area (Å²) in [5.41, 5.74) is -1.65. The fourth-order valence-corrected chi connectivity index (χ4v) is 6.59. The second-order valence-corrected chi connectivity index (χ2v) is 18.3. The number of ether oxygens (including phenoxy) is 2. The number of nitrogens with zero attached hydrogens (tertiary/aromatic N) is 1. The summed E-state index contributed by atoms with van der Waals surface area (Å²) in [6.07, 6.45) is 5.50. The molecule has 19 nitrogen and oxygen atoms in total. The van der Waals surface area contributed by atoms with E-state index >= 15 is 0 Å². The van der Waals surface area contributed by atoms with Crippen molar-refractivity contribution >= 4 is 59.1 Å². The van der Waals surface area contributed by atoms with Crippen LogP contribution in [0.4, 0.5) is 0 Å². The van der Waals surface area contributed by atoms with Crippen molar-refractivity contribution in [1.29, 1.82) is 0 Å². The molecule has 1 heterocycles. The lowest BCUT2D eigenvalue weighted by Gasteiger charge is -2.33. The number of esters is 2. The number of likely N-dealkylation sites (tertiary alicyclic amines) is 1. The van der Waals surface area contributed by atoms with E-state index in [0.29, 0.717) is 12.8 Å². The van der Waals surface area contributed by atoms with Crippen LogP contribution >= 0.6 is 0 Å². The Hall–Kier alpha value is -5.54. The maximum Gasteiger partial charge on any atom is 0.306 e. The SMILES string of the molecule is C#CCNC(=O)C(=O)[C@H](CCC)NC(=O)[C@@H]1CCCN1C(=O)[C@@H](NC(=O)[C@@H](NC(=O)[C@H](CCC(=O)OC(C)(C)C)NC(=O)[C@H](CCC(=O)OC(C)(C)C)NC(C)=O)C(C)C)C(C)C. The van der Waals surface area contributed by atoms with Gasteiger partial charge in [0.15, 0.2) is 0 Å². The van der Waals surface area contributed by atoms with Crippen LogP contribution in [0.5, 0.6) is 0 Å². The zero-order chi connectivity index (χ0) is 48.4. The van der Waals surface area contributed by atoms with Crippen LogP contribution in [0, 0.1) is 24.2 Å². The van der Waals surface area contributed by atoms with Crippen molar-refractivity contribution in [2.24, 2.45) is 11.8 Å². The molecule has 7 amide bonds. The van der Waals surface area contributed by atoms with Gasteiger partial charge >= 0.3 is 11.9 Å². The molecule has 1 rings (SSSR count). The number of hydrogen-bond acceptors (Lipinski definition) is 12. The van der Waals surface area contributed by atoms with Crippen LogP contribution in [-0.2, 0) is 57.4 Å². The lowest BCUT2D eigenvalue weighted by molar-refractivity contribution is -0.156. The molecule has 1 aliphatic rings. The van der Waals surface area contributed by atoms with Crippen molar-refractivity contribution in [1.82, 2.24) is 36.8 Å². The highest BCUT2D eigenvalue weighted by Gasteiger charge is 2.41. The molecule has 63 heavy (non-hydrogen) atoms. The molecule has 6 atom stereocenters. The van der Waals surface area contributed by atoms with E-state index in [1.165, 1.54) is 11.8 Å². The molecule has 0 aromatic rings. The van der Waals surface area contributed by atoms with Crippen molar-refractivity contribution < 1.29 is 57.4 Å². The topological polar surface area (TPSA) is 265 Å². The van der Waals surface area contributed by atoms with Gasteiger partial charge in [0.05, 0.1) is 12.6 Å². The number of ketones is 1. The molecule has 1 fully saturated rings. The highest BCUT2D eigenvalue weighted by molar-refractivity contribution is 6.38. The first-order valence-electron chi connectivity index (χ1n) is 21.6. The minimum atomic E-state index is -1.44. The number of carbonyl (C=O) groups is 10. The van der Waals surface area contributed by atoms with Crippen LogP contribution in [0.2, 0.25) is 0 Å². The number of Topliss-reactive ketones (excluding diaryl/α,β-unsaturated/α-hetero) is 1. The molecular formula is C44H71N7O12. The molecule has 0 bridgehead atoms. The average molecular weight is 890 g/mol. The van der Waals surface area contributed by atoms with E-state index in [1.54, 1.807) is 76.2 Å². The van der Waals surface area contributed by atoms with Crippen molar-refractivity contribution in [3.8, 4) is 12.3 Å². The molecule has 19 heteroatoms. The predicted octanol–water partition coefficient (Wildman–Crippen LogP) is 1.10. The third-order valence-corrected chi connectivity index (χ3v) is 9.54. The second-order valence-electron chi connectivity index (χ2n) is 18.3. The van der Waals surface area contributed by atoms with Crippen LogP contribution in [0.1, 0.15) is 134 Å². The molecule has 1 saturated heterocycles. The van der Waals surface area contributed by atoms with Crippen LogP contribution in [0.3, 0.4) is 0 Å². The summed E-state index contributed by atoms with van der Waals surface area (Å²) < 4.78 is 10.7. The molecular weight excluding hydrogens is 819 g/mol. The summed E-state index contributed by atoms with van der Waals surface area (Å²) in [5, 5.41) is 15.4. The van der Waals surface area contributed by atoms with Gasteiger partial charge in [-0.3, -0.25) is 47.9 Å². The molecule has 0 aromatic carbocycles. The second kappa shape index (κ2) is 25.5. The van der Waals surface area contributed by atoms with Gasteiger partial charge in [-0.05, 0) is 85.5 Å². The fourth-order valence-electron chi connectivity index (χ4n) is 6.59. The molecule has 0 saturated carbocycles. The highest BCUT2D eigenvalue weighted by atomic mass is 16.6. The van der Waals surface area contributed by atoms with E-state index in [2.05, 4.69) is 37.8 Å². The first-order chi connectivity index (χ1) is 29.1. The van der Waals surface area contributed by atoms with Crippen LogP contribution in [-0.4, -0.2) is 125 Å². The standard InChI is InChI=1S/C44H71N7O12/c1-14-17-28(36(55)41(60)45-23-15-2)47-39(58)31-18-16-24-51(31)42(61)35(26(5)6)50-40(59)34(25(3)4)49-38(57)30(20-22-33(54)63-44(11,12)13)48-37(56)29(46-27(7)52)19-21-32(53)62-43(8,9)10/h2,25-26,28-31,34-35H,14,16-24H2,1,3-13H3,(H,45,60)(H,46,52)(H,47,58)(H,48,56)(H,49,57)(H,50,59)/t28-,29-,30-,31-,34-,35-/m0/s1. The van der Waals surface area contributed by atoms with Crippen LogP contribution < -0.4 is 31.9 Å². The van der Waals surface area contributed by atoms with Gasteiger partial charge in [0.1, 0.15) is 41.4 Å². The van der Waals surface area contributed by atoms with Crippen molar-refractivity contribution in [2.45, 2.75) is 182 Å². The minimum Gasteiger partial charge on any atom is -0.460 e. The van der Waals surface area contributed by atoms with E-state index in [9.17, 15) is 47.9 Å². The van der Waals surface area contributed by atoms with Gasteiger partial charge in [0, 0.05) is 26.3 Å². The molecule has 0 aromatic heterocycles. The summed E-state index contributed by atoms with van der Waals surface area (Å²) in [7, 11) is 0. The number of carbonyl (C=O) groups excluding carboxylic acids is 10. The Bertz CT molecular complexity index is 1710. The Balaban J connectivity index is 3.35. The van der Waals surface area contributed by atoms with E-state index in [1.807, 2.05) is 0 Å². The predicted molar refractivity (Wildman–Crippen MR) is 232 cm³/mol. The van der Waals surface area contributed by atoms with E-state index in [-0.39, 0.29) is 51.6 Å². The lowest BCUT2D eigenvalue weighted by Crippen LogP contribution is -2.61. The number of rotatable bonds is 23. The van der Waals surface area contributed by atoms with E-state index in [0.717, 1.165) is 0 Å². The third kappa shape index (κ3) is 20.0. The Morgan fingerprint density at radius 1 is 0.683 bits per heavy atom. The van der Waals surface area contributed by atoms with Crippen LogP contribution in [0.15, 0.2) is 0 Å². The Kier molecular flexibility index (Phi) is 22.5. The normalized spacial score (nSPS) is 16.3. The highest BCUT2D eigenvalue weighted by Crippen LogP contribution is 2.22. The number of terminal acetylenes is 1. The van der Waals surface area contributed by atoms with Crippen LogP contribution in [0.25, 0.3) is 0 Å². The molecule has 6 N–H and O–H groups in total. The largest absolute Gasteiger partial charge is 0.460 e. The monoisotopic (exact) mass is 890 g/mol. The Labute approximate surface area is 371 Å². The lowest BCUT2D eigenvalue weighted by atomic mass is 9.98. The number of amides is 7. The van der Waals surface area contributed by atoms with Gasteiger partial charge in [-0.25, -0.2) is 0 Å². The van der Waals surface area contributed by atoms with Gasteiger partial charge in [-0.1, -0.05) is 47.0 Å². The molecule has 0 aliphatic carbocycles. The number of nitrogens with one attached hydrogen (secondary N) is 6.